The van der Waals surface area contributed by atoms with Gasteiger partial charge in [0, 0.05) is 6.54 Å². The van der Waals surface area contributed by atoms with Gasteiger partial charge < -0.3 is 136 Å². The van der Waals surface area contributed by atoms with E-state index >= 15 is 0 Å². The van der Waals surface area contributed by atoms with Gasteiger partial charge in [0.05, 0.1) is 45.7 Å². The topological polar surface area (TPSA) is 541 Å². The summed E-state index contributed by atoms with van der Waals surface area (Å²) >= 11 is 4.11. The third-order valence-corrected chi connectivity index (χ3v) is 15.1. The van der Waals surface area contributed by atoms with Crippen LogP contribution in [0.2, 0.25) is 0 Å². The molecule has 4 aliphatic heterocycles. The average molecular weight is 1150 g/mol. The number of aliphatic hydroxyl groups excluding tert-OH is 15. The predicted octanol–water partition coefficient (Wildman–Crippen LogP) is -9.84. The van der Waals surface area contributed by atoms with E-state index in [1.165, 1.54) is 0 Å². The largest absolute Gasteiger partial charge is 0.472 e. The van der Waals surface area contributed by atoms with Gasteiger partial charge in [-0.1, -0.05) is 12.8 Å². The molecule has 21 N–H and O–H groups in total. The molecule has 28 atom stereocenters. The first-order valence-corrected chi connectivity index (χ1v) is 27.1. The summed E-state index contributed by atoms with van der Waals surface area (Å²) in [6.07, 6.45) is -47.7. The number of phosphoric ester groups is 2. The first-order chi connectivity index (χ1) is 34.8. The number of nitrogens with two attached hydrogens (primary N) is 2. The van der Waals surface area contributed by atoms with E-state index in [1.54, 1.807) is 0 Å². The first-order valence-electron chi connectivity index (χ1n) is 23.4. The lowest BCUT2D eigenvalue weighted by molar-refractivity contribution is -0.377. The molecular formula is C38H72N2O31P2S. The van der Waals surface area contributed by atoms with E-state index in [0.717, 1.165) is 12.8 Å². The standard InChI is InChI=1S/C38H72N2O31P2S/c39-5-7-62-72(56,57)63-12-16-20(45)23(48)30(55)37(67-16)70-34-26(51)18(43)13(9-41)64-38(34)60-11-15-19(44)22(47)29(54)36(66-15)68-31-14(10-42)65-35(17(40)21(31)46)69-32-27(52)24(49)25(50)28(53)33(32)71-73(58,59)61-6-3-1-2-4-8-74/h13-38,41-55,74H,1-12,39-40H2,(H,56,57)(H,58,59)/t13-,14-,15-,16-,17+,18-,19-,20-,21+,22-,23-,24+,25+,26-,27-,28-,29-,30-,31-,32+,33-,34-,35-,36-,37-,38+/m0/s1. The van der Waals surface area contributed by atoms with E-state index in [9.17, 15) is 95.5 Å². The summed E-state index contributed by atoms with van der Waals surface area (Å²) < 4.78 is 90.0. The van der Waals surface area contributed by atoms with Crippen molar-refractivity contribution in [3.05, 3.63) is 0 Å². The highest BCUT2D eigenvalue weighted by atomic mass is 32.1. The Morgan fingerprint density at radius 3 is 1.47 bits per heavy atom. The molecule has 5 fully saturated rings. The predicted molar refractivity (Wildman–Crippen MR) is 239 cm³/mol. The second-order valence-corrected chi connectivity index (χ2v) is 21.3. The normalized spacial score (nSPS) is 45.9. The van der Waals surface area contributed by atoms with Crippen LogP contribution in [-0.4, -0.2) is 298 Å². The maximum absolute atomic E-state index is 13.0. The number of unbranched alkanes of at least 4 members (excludes halogenated alkanes) is 3. The van der Waals surface area contributed by atoms with Gasteiger partial charge in [-0.2, -0.15) is 12.6 Å². The Morgan fingerprint density at radius 2 is 0.905 bits per heavy atom. The van der Waals surface area contributed by atoms with Crippen molar-refractivity contribution in [3.63, 3.8) is 0 Å². The molecule has 5 rings (SSSR count). The number of hydrogen-bond donors (Lipinski definition) is 20. The van der Waals surface area contributed by atoms with Crippen molar-refractivity contribution in [1.82, 2.24) is 0 Å². The van der Waals surface area contributed by atoms with Gasteiger partial charge in [-0.3, -0.25) is 18.1 Å². The number of ether oxygens (including phenoxy) is 8. The van der Waals surface area contributed by atoms with Crippen LogP contribution >= 0.6 is 28.3 Å². The summed E-state index contributed by atoms with van der Waals surface area (Å²) in [5, 5.41) is 161. The maximum Gasteiger partial charge on any atom is 0.472 e. The molecule has 2 unspecified atom stereocenters. The Labute approximate surface area is 427 Å². The molecule has 4 heterocycles. The number of hydrogen-bond acceptors (Lipinski definition) is 32. The average Bonchev–Trinajstić information content (AvgIpc) is 3.37. The molecular weight excluding hydrogens is 1070 g/mol. The van der Waals surface area contributed by atoms with E-state index in [-0.39, 0.29) is 13.2 Å². The summed E-state index contributed by atoms with van der Waals surface area (Å²) in [7, 11) is -9.87. The molecule has 0 bridgehead atoms. The molecule has 74 heavy (non-hydrogen) atoms. The molecule has 0 spiro atoms. The highest BCUT2D eigenvalue weighted by Crippen LogP contribution is 2.48. The molecule has 0 amide bonds. The van der Waals surface area contributed by atoms with Crippen molar-refractivity contribution in [2.45, 2.75) is 185 Å². The van der Waals surface area contributed by atoms with Crippen LogP contribution in [0.4, 0.5) is 0 Å². The van der Waals surface area contributed by atoms with Crippen molar-refractivity contribution >= 4 is 28.3 Å². The van der Waals surface area contributed by atoms with Crippen LogP contribution in [0.25, 0.3) is 0 Å². The molecule has 36 heteroatoms. The molecule has 0 radical (unpaired) electrons. The van der Waals surface area contributed by atoms with Gasteiger partial charge >= 0.3 is 15.6 Å². The molecule has 0 aromatic carbocycles. The molecule has 1 saturated carbocycles. The molecule has 33 nitrogen and oxygen atoms in total. The Kier molecular flexibility index (Phi) is 25.1. The van der Waals surface area contributed by atoms with Crippen molar-refractivity contribution in [2.75, 3.05) is 51.9 Å². The summed E-state index contributed by atoms with van der Waals surface area (Å²) in [6.45, 7) is -4.72. The van der Waals surface area contributed by atoms with Crippen LogP contribution in [0.1, 0.15) is 25.7 Å². The summed E-state index contributed by atoms with van der Waals surface area (Å²) in [5.74, 6) is 0.625. The molecule has 0 aromatic heterocycles. The van der Waals surface area contributed by atoms with Crippen LogP contribution in [0.5, 0.6) is 0 Å². The molecule has 436 valence electrons. The highest BCUT2D eigenvalue weighted by Gasteiger charge is 2.57. The number of aliphatic hydroxyl groups is 15. The molecule has 1 aliphatic carbocycles. The van der Waals surface area contributed by atoms with Crippen molar-refractivity contribution < 1.29 is 152 Å². The molecule has 4 saturated heterocycles. The fourth-order valence-corrected chi connectivity index (χ4v) is 10.4. The van der Waals surface area contributed by atoms with Gasteiger partial charge in [-0.25, -0.2) is 9.13 Å². The van der Waals surface area contributed by atoms with E-state index in [2.05, 4.69) is 17.2 Å². The van der Waals surface area contributed by atoms with Crippen LogP contribution in [0, 0.1) is 0 Å². The zero-order valence-electron chi connectivity index (χ0n) is 39.3. The molecule has 5 aliphatic rings. The molecule has 0 aromatic rings. The number of thiol groups is 1. The summed E-state index contributed by atoms with van der Waals surface area (Å²) in [6, 6.07) is -1.80. The SMILES string of the molecule is NCCOP(=O)(O)OC[C@@H]1O[C@@H](O[C@@H]2[C@H](OC[C@@H]3O[C@@H](O[C@@H]4[C@H](O)[C@@H](N)[C@H](O[C@@H]5[C@@H](O)[C@H](O)[C@@H](O)[C@H](O)[C@@H]5OP(=O)(O)OCCCCCCS)O[C@H]4CO)[C@@H](O)[C@@H](O)[C@H]3O)O[C@@H](CO)[C@H](O)[C@@H]2O)[C@@H](O)[C@@H](O)[C@H]1O. The number of phosphoric acid groups is 2. The fraction of sp³-hybridized carbons (Fsp3) is 1.00. The van der Waals surface area contributed by atoms with Crippen LogP contribution in [0.3, 0.4) is 0 Å². The smallest absolute Gasteiger partial charge is 0.394 e. The minimum atomic E-state index is -5.09. The maximum atomic E-state index is 13.0. The Morgan fingerprint density at radius 1 is 0.446 bits per heavy atom. The van der Waals surface area contributed by atoms with Crippen molar-refractivity contribution in [1.29, 1.82) is 0 Å². The second kappa shape index (κ2) is 28.8. The van der Waals surface area contributed by atoms with E-state index in [1.807, 2.05) is 0 Å². The quantitative estimate of drug-likeness (QED) is 0.0217. The van der Waals surface area contributed by atoms with Crippen molar-refractivity contribution in [2.24, 2.45) is 11.5 Å². The third-order valence-electron chi connectivity index (χ3n) is 12.7. The van der Waals surface area contributed by atoms with Gasteiger partial charge in [0.25, 0.3) is 0 Å². The lowest BCUT2D eigenvalue weighted by Gasteiger charge is -2.49. The fourth-order valence-electron chi connectivity index (χ4n) is 8.47. The number of rotatable bonds is 26. The Bertz CT molecular complexity index is 1780. The third kappa shape index (κ3) is 15.9. The van der Waals surface area contributed by atoms with Gasteiger partial charge in [-0.15, -0.1) is 0 Å². The highest BCUT2D eigenvalue weighted by molar-refractivity contribution is 7.80. The van der Waals surface area contributed by atoms with Gasteiger partial charge in [0.15, 0.2) is 25.2 Å². The van der Waals surface area contributed by atoms with Gasteiger partial charge in [0.2, 0.25) is 0 Å². The minimum Gasteiger partial charge on any atom is -0.394 e. The van der Waals surface area contributed by atoms with Crippen LogP contribution < -0.4 is 11.5 Å². The van der Waals surface area contributed by atoms with Crippen LogP contribution in [-0.2, 0) is 65.1 Å². The van der Waals surface area contributed by atoms with E-state index in [0.29, 0.717) is 18.6 Å². The summed E-state index contributed by atoms with van der Waals surface area (Å²) in [4.78, 5) is 20.4. The van der Waals surface area contributed by atoms with Crippen LogP contribution in [0.15, 0.2) is 0 Å². The second-order valence-electron chi connectivity index (χ2n) is 18.0. The van der Waals surface area contributed by atoms with Gasteiger partial charge in [0.1, 0.15) is 128 Å². The lowest BCUT2D eigenvalue weighted by Crippen LogP contribution is -2.69. The van der Waals surface area contributed by atoms with E-state index in [4.69, 9.17) is 62.9 Å². The summed E-state index contributed by atoms with van der Waals surface area (Å²) in [5.41, 5.74) is 11.5. The van der Waals surface area contributed by atoms with Gasteiger partial charge in [-0.05, 0) is 18.6 Å². The Hall–Kier alpha value is -0.430. The zero-order chi connectivity index (χ0) is 55.0. The zero-order valence-corrected chi connectivity index (χ0v) is 42.0. The Balaban J connectivity index is 1.27. The van der Waals surface area contributed by atoms with E-state index < -0.39 is 208 Å². The minimum absolute atomic E-state index is 0.172. The monoisotopic (exact) mass is 1150 g/mol. The first kappa shape index (κ1) is 64.4. The lowest BCUT2D eigenvalue weighted by atomic mass is 9.84. The van der Waals surface area contributed by atoms with Crippen molar-refractivity contribution in [3.8, 4) is 0 Å².